The summed E-state index contributed by atoms with van der Waals surface area (Å²) >= 11 is 0. The lowest BCUT2D eigenvalue weighted by atomic mass is 10.0. The molecule has 0 radical (unpaired) electrons. The number of methoxy groups -OCH3 is 1. The molecule has 1 aromatic rings. The van der Waals surface area contributed by atoms with Crippen molar-refractivity contribution < 1.29 is 14.3 Å². The fourth-order valence-corrected chi connectivity index (χ4v) is 2.15. The van der Waals surface area contributed by atoms with Gasteiger partial charge in [-0.05, 0) is 31.2 Å². The quantitative estimate of drug-likeness (QED) is 0.811. The number of amides is 1. The highest BCUT2D eigenvalue weighted by Gasteiger charge is 2.26. The number of nitrogens with one attached hydrogen (secondary N) is 1. The number of rotatable bonds is 4. The Hall–Kier alpha value is -1.88. The average Bonchev–Trinajstić information content (AvgIpc) is 2.46. The minimum atomic E-state index is -0.292. The van der Waals surface area contributed by atoms with Gasteiger partial charge in [0, 0.05) is 18.7 Å². The molecule has 0 aliphatic carbocycles. The van der Waals surface area contributed by atoms with Gasteiger partial charge in [0.25, 0.3) is 0 Å². The third-order valence-corrected chi connectivity index (χ3v) is 3.37. The topological polar surface area (TPSA) is 58.6 Å². The highest BCUT2D eigenvalue weighted by molar-refractivity contribution is 6.00. The van der Waals surface area contributed by atoms with Crippen LogP contribution in [0.25, 0.3) is 0 Å². The Bertz CT molecular complexity index is 470. The molecule has 1 N–H and O–H groups in total. The molecule has 0 spiro atoms. The number of hydrogen-bond acceptors (Lipinski definition) is 4. The van der Waals surface area contributed by atoms with E-state index in [0.29, 0.717) is 18.7 Å². The number of piperazine rings is 1. The summed E-state index contributed by atoms with van der Waals surface area (Å²) in [5, 5.41) is 2.75. The van der Waals surface area contributed by atoms with Crippen LogP contribution in [0.15, 0.2) is 24.3 Å². The lowest BCUT2D eigenvalue weighted by Gasteiger charge is -2.31. The fraction of sp³-hybridized carbons (Fsp3) is 0.429. The fourth-order valence-electron chi connectivity index (χ4n) is 2.15. The van der Waals surface area contributed by atoms with Crippen LogP contribution in [0.3, 0.4) is 0 Å². The molecule has 1 fully saturated rings. The molecule has 1 saturated heterocycles. The lowest BCUT2D eigenvalue weighted by Crippen LogP contribution is -2.52. The smallest absolute Gasteiger partial charge is 0.234 e. The molecule has 0 saturated carbocycles. The van der Waals surface area contributed by atoms with Crippen LogP contribution >= 0.6 is 0 Å². The van der Waals surface area contributed by atoms with E-state index in [4.69, 9.17) is 4.74 Å². The Labute approximate surface area is 112 Å². The van der Waals surface area contributed by atoms with Gasteiger partial charge in [0.15, 0.2) is 5.78 Å². The van der Waals surface area contributed by atoms with Crippen LogP contribution in [0.1, 0.15) is 17.3 Å². The number of Topliss-reactive ketones (excluding diaryl/α,β-unsaturated/α-hetero) is 1. The number of carbonyl (C=O) groups is 2. The second kappa shape index (κ2) is 5.84. The first-order valence-corrected chi connectivity index (χ1v) is 6.31. The van der Waals surface area contributed by atoms with Crippen molar-refractivity contribution in [3.63, 3.8) is 0 Å². The Morgan fingerprint density at radius 2 is 2.05 bits per heavy atom. The Morgan fingerprint density at radius 3 is 2.63 bits per heavy atom. The standard InChI is InChI=1S/C14H18N2O3/c1-10(16-8-7-15-13(17)9-16)14(18)11-3-5-12(19-2)6-4-11/h3-6,10H,7-9H2,1-2H3,(H,15,17). The predicted octanol–water partition coefficient (Wildman–Crippen LogP) is 0.698. The minimum absolute atomic E-state index is 0.0253. The maximum Gasteiger partial charge on any atom is 0.234 e. The lowest BCUT2D eigenvalue weighted by molar-refractivity contribution is -0.124. The van der Waals surface area contributed by atoms with E-state index in [-0.39, 0.29) is 24.3 Å². The SMILES string of the molecule is COc1ccc(C(=O)C(C)N2CCNC(=O)C2)cc1. The number of nitrogens with zero attached hydrogens (tertiary/aromatic N) is 1. The maximum atomic E-state index is 12.3. The second-order valence-corrected chi connectivity index (χ2v) is 4.59. The van der Waals surface area contributed by atoms with Gasteiger partial charge in [-0.3, -0.25) is 14.5 Å². The highest BCUT2D eigenvalue weighted by atomic mass is 16.5. The predicted molar refractivity (Wildman–Crippen MR) is 71.4 cm³/mol. The van der Waals surface area contributed by atoms with E-state index in [0.717, 1.165) is 5.75 Å². The molecule has 0 bridgehead atoms. The number of ketones is 1. The first-order valence-electron chi connectivity index (χ1n) is 6.31. The van der Waals surface area contributed by atoms with Crippen LogP contribution in [-0.4, -0.2) is 49.4 Å². The van der Waals surface area contributed by atoms with Crippen LogP contribution in [0.4, 0.5) is 0 Å². The van der Waals surface area contributed by atoms with Gasteiger partial charge in [0.1, 0.15) is 5.75 Å². The van der Waals surface area contributed by atoms with E-state index in [9.17, 15) is 9.59 Å². The van der Waals surface area contributed by atoms with Crippen molar-refractivity contribution in [3.8, 4) is 5.75 Å². The van der Waals surface area contributed by atoms with E-state index in [1.54, 1.807) is 31.4 Å². The molecule has 1 atom stereocenters. The van der Waals surface area contributed by atoms with Crippen LogP contribution in [-0.2, 0) is 4.79 Å². The van der Waals surface area contributed by atoms with Crippen LogP contribution in [0, 0.1) is 0 Å². The highest BCUT2D eigenvalue weighted by Crippen LogP contribution is 2.15. The molecular weight excluding hydrogens is 244 g/mol. The number of hydrogen-bond donors (Lipinski definition) is 1. The van der Waals surface area contributed by atoms with Crippen molar-refractivity contribution in [3.05, 3.63) is 29.8 Å². The molecule has 102 valence electrons. The number of ether oxygens (including phenoxy) is 1. The number of carbonyl (C=O) groups excluding carboxylic acids is 2. The Balaban J connectivity index is 2.07. The zero-order valence-corrected chi connectivity index (χ0v) is 11.2. The summed E-state index contributed by atoms with van der Waals surface area (Å²) < 4.78 is 5.07. The summed E-state index contributed by atoms with van der Waals surface area (Å²) in [5.41, 5.74) is 0.638. The molecule has 1 aromatic carbocycles. The Kier molecular flexibility index (Phi) is 4.16. The first-order chi connectivity index (χ1) is 9.11. The molecule has 19 heavy (non-hydrogen) atoms. The summed E-state index contributed by atoms with van der Waals surface area (Å²) in [5.74, 6) is 0.722. The molecule has 2 rings (SSSR count). The summed E-state index contributed by atoms with van der Waals surface area (Å²) in [7, 11) is 1.59. The second-order valence-electron chi connectivity index (χ2n) is 4.59. The van der Waals surface area contributed by atoms with Gasteiger partial charge in [-0.2, -0.15) is 0 Å². The monoisotopic (exact) mass is 262 g/mol. The zero-order chi connectivity index (χ0) is 13.8. The Morgan fingerprint density at radius 1 is 1.37 bits per heavy atom. The van der Waals surface area contributed by atoms with Crippen LogP contribution in [0.2, 0.25) is 0 Å². The van der Waals surface area contributed by atoms with Gasteiger partial charge in [-0.1, -0.05) is 0 Å². The van der Waals surface area contributed by atoms with Crippen LogP contribution < -0.4 is 10.1 Å². The third-order valence-electron chi connectivity index (χ3n) is 3.37. The molecule has 1 amide bonds. The third kappa shape index (κ3) is 3.12. The van der Waals surface area contributed by atoms with Gasteiger partial charge in [0.05, 0.1) is 19.7 Å². The van der Waals surface area contributed by atoms with Crippen LogP contribution in [0.5, 0.6) is 5.75 Å². The average molecular weight is 262 g/mol. The molecule has 5 nitrogen and oxygen atoms in total. The molecule has 1 aliphatic heterocycles. The summed E-state index contributed by atoms with van der Waals surface area (Å²) in [6.07, 6.45) is 0. The van der Waals surface area contributed by atoms with Crippen molar-refractivity contribution in [2.24, 2.45) is 0 Å². The summed E-state index contributed by atoms with van der Waals surface area (Å²) in [6, 6.07) is 6.74. The molecule has 1 heterocycles. The molecule has 5 heteroatoms. The van der Waals surface area contributed by atoms with Gasteiger partial charge >= 0.3 is 0 Å². The molecular formula is C14H18N2O3. The van der Waals surface area contributed by atoms with Crippen molar-refractivity contribution in [2.45, 2.75) is 13.0 Å². The molecule has 0 aromatic heterocycles. The van der Waals surface area contributed by atoms with Crippen molar-refractivity contribution in [2.75, 3.05) is 26.7 Å². The van der Waals surface area contributed by atoms with Gasteiger partial charge in [0.2, 0.25) is 5.91 Å². The summed E-state index contributed by atoms with van der Waals surface area (Å²) in [6.45, 7) is 3.42. The van der Waals surface area contributed by atoms with Crippen molar-refractivity contribution in [1.82, 2.24) is 10.2 Å². The molecule has 1 aliphatic rings. The van der Waals surface area contributed by atoms with E-state index < -0.39 is 0 Å². The first kappa shape index (κ1) is 13.5. The van der Waals surface area contributed by atoms with E-state index in [2.05, 4.69) is 5.32 Å². The summed E-state index contributed by atoms with van der Waals surface area (Å²) in [4.78, 5) is 25.6. The van der Waals surface area contributed by atoms with Gasteiger partial charge < -0.3 is 10.1 Å². The van der Waals surface area contributed by atoms with E-state index in [1.165, 1.54) is 0 Å². The zero-order valence-electron chi connectivity index (χ0n) is 11.2. The normalized spacial score (nSPS) is 17.7. The van der Waals surface area contributed by atoms with Crippen molar-refractivity contribution in [1.29, 1.82) is 0 Å². The molecule has 1 unspecified atom stereocenters. The number of benzene rings is 1. The van der Waals surface area contributed by atoms with E-state index >= 15 is 0 Å². The van der Waals surface area contributed by atoms with Gasteiger partial charge in [-0.15, -0.1) is 0 Å². The van der Waals surface area contributed by atoms with E-state index in [1.807, 2.05) is 11.8 Å². The minimum Gasteiger partial charge on any atom is -0.497 e. The van der Waals surface area contributed by atoms with Gasteiger partial charge in [-0.25, -0.2) is 0 Å². The largest absolute Gasteiger partial charge is 0.497 e. The van der Waals surface area contributed by atoms with Crippen molar-refractivity contribution >= 4 is 11.7 Å². The maximum absolute atomic E-state index is 12.3.